The summed E-state index contributed by atoms with van der Waals surface area (Å²) >= 11 is 0. The molecule has 6 heteroatoms. The zero-order valence-corrected chi connectivity index (χ0v) is 8.87. The van der Waals surface area contributed by atoms with Gasteiger partial charge in [-0.2, -0.15) is 0 Å². The summed E-state index contributed by atoms with van der Waals surface area (Å²) < 4.78 is 1.61. The molecule has 0 amide bonds. The van der Waals surface area contributed by atoms with Gasteiger partial charge in [0.1, 0.15) is 6.33 Å². The van der Waals surface area contributed by atoms with Crippen LogP contribution >= 0.6 is 0 Å². The molecule has 1 heterocycles. The molecule has 1 aromatic heterocycles. The van der Waals surface area contributed by atoms with Crippen molar-refractivity contribution in [3.63, 3.8) is 0 Å². The Hall–Kier alpha value is -1.95. The Morgan fingerprint density at radius 2 is 2.06 bits per heavy atom. The predicted octanol–water partition coefficient (Wildman–Crippen LogP) is 0.423. The molecule has 0 aliphatic carbocycles. The van der Waals surface area contributed by atoms with Crippen molar-refractivity contribution >= 4 is 5.69 Å². The minimum Gasteiger partial charge on any atom is -0.385 e. The molecule has 2 aromatic rings. The van der Waals surface area contributed by atoms with Gasteiger partial charge in [0.2, 0.25) is 0 Å². The van der Waals surface area contributed by atoms with Crippen LogP contribution in [0.5, 0.6) is 0 Å². The summed E-state index contributed by atoms with van der Waals surface area (Å²) in [5.74, 6) is 0. The van der Waals surface area contributed by atoms with Crippen LogP contribution in [-0.2, 0) is 0 Å². The van der Waals surface area contributed by atoms with Crippen LogP contribution in [0.2, 0.25) is 0 Å². The first-order valence-electron chi connectivity index (χ1n) is 5.17. The molecule has 0 saturated carbocycles. The van der Waals surface area contributed by atoms with E-state index in [4.69, 9.17) is 5.73 Å². The fourth-order valence-electron chi connectivity index (χ4n) is 1.35. The van der Waals surface area contributed by atoms with Crippen LogP contribution in [0, 0.1) is 0 Å². The van der Waals surface area contributed by atoms with Gasteiger partial charge in [-0.1, -0.05) is 0 Å². The van der Waals surface area contributed by atoms with Crippen molar-refractivity contribution in [1.82, 2.24) is 20.2 Å². The fourth-order valence-corrected chi connectivity index (χ4v) is 1.35. The lowest BCUT2D eigenvalue weighted by atomic mass is 10.2. The molecule has 84 valence electrons. The Morgan fingerprint density at radius 1 is 1.25 bits per heavy atom. The molecule has 0 atom stereocenters. The van der Waals surface area contributed by atoms with E-state index >= 15 is 0 Å². The summed E-state index contributed by atoms with van der Waals surface area (Å²) in [5, 5.41) is 14.3. The summed E-state index contributed by atoms with van der Waals surface area (Å²) in [6.45, 7) is 1.59. The predicted molar refractivity (Wildman–Crippen MR) is 61.3 cm³/mol. The SMILES string of the molecule is NCCCNc1ccc(-n2cnnn2)cc1. The van der Waals surface area contributed by atoms with Gasteiger partial charge in [-0.25, -0.2) is 4.68 Å². The van der Waals surface area contributed by atoms with E-state index in [0.29, 0.717) is 6.54 Å². The molecular weight excluding hydrogens is 204 g/mol. The number of tetrazole rings is 1. The third-order valence-electron chi connectivity index (χ3n) is 2.19. The average molecular weight is 218 g/mol. The highest BCUT2D eigenvalue weighted by molar-refractivity contribution is 5.48. The minimum absolute atomic E-state index is 0.704. The number of benzene rings is 1. The van der Waals surface area contributed by atoms with Gasteiger partial charge in [0, 0.05) is 12.2 Å². The summed E-state index contributed by atoms with van der Waals surface area (Å²) in [5.41, 5.74) is 7.43. The second-order valence-electron chi connectivity index (χ2n) is 3.37. The molecule has 0 aliphatic heterocycles. The smallest absolute Gasteiger partial charge is 0.143 e. The maximum Gasteiger partial charge on any atom is 0.143 e. The lowest BCUT2D eigenvalue weighted by Crippen LogP contribution is -2.08. The van der Waals surface area contributed by atoms with Crippen molar-refractivity contribution in [2.75, 3.05) is 18.4 Å². The van der Waals surface area contributed by atoms with E-state index < -0.39 is 0 Å². The number of rotatable bonds is 5. The van der Waals surface area contributed by atoms with E-state index in [-0.39, 0.29) is 0 Å². The molecule has 0 saturated heterocycles. The number of anilines is 1. The average Bonchev–Trinajstić information content (AvgIpc) is 2.84. The first-order chi connectivity index (χ1) is 7.90. The molecule has 0 fully saturated rings. The standard InChI is InChI=1S/C10H14N6/c11-6-1-7-12-9-2-4-10(5-3-9)16-8-13-14-15-16/h2-5,8,12H,1,6-7,11H2. The first-order valence-corrected chi connectivity index (χ1v) is 5.17. The maximum absolute atomic E-state index is 5.42. The molecule has 0 spiro atoms. The number of nitrogens with one attached hydrogen (secondary N) is 1. The molecule has 3 N–H and O–H groups in total. The van der Waals surface area contributed by atoms with Crippen LogP contribution in [0.4, 0.5) is 5.69 Å². The molecule has 0 bridgehead atoms. The van der Waals surface area contributed by atoms with Gasteiger partial charge < -0.3 is 11.1 Å². The van der Waals surface area contributed by atoms with Crippen molar-refractivity contribution in [3.05, 3.63) is 30.6 Å². The van der Waals surface area contributed by atoms with Gasteiger partial charge in [-0.3, -0.25) is 0 Å². The highest BCUT2D eigenvalue weighted by atomic mass is 15.5. The number of hydrogen-bond donors (Lipinski definition) is 2. The highest BCUT2D eigenvalue weighted by Gasteiger charge is 1.97. The zero-order valence-electron chi connectivity index (χ0n) is 8.87. The van der Waals surface area contributed by atoms with E-state index in [1.54, 1.807) is 11.0 Å². The minimum atomic E-state index is 0.704. The number of aromatic nitrogens is 4. The van der Waals surface area contributed by atoms with E-state index in [2.05, 4.69) is 20.8 Å². The van der Waals surface area contributed by atoms with Crippen LogP contribution < -0.4 is 11.1 Å². The van der Waals surface area contributed by atoms with Crippen LogP contribution in [0.25, 0.3) is 5.69 Å². The Kier molecular flexibility index (Phi) is 3.45. The van der Waals surface area contributed by atoms with E-state index in [9.17, 15) is 0 Å². The number of hydrogen-bond acceptors (Lipinski definition) is 5. The largest absolute Gasteiger partial charge is 0.385 e. The lowest BCUT2D eigenvalue weighted by Gasteiger charge is -2.06. The summed E-state index contributed by atoms with van der Waals surface area (Å²) in [6.07, 6.45) is 2.53. The van der Waals surface area contributed by atoms with Crippen molar-refractivity contribution in [2.24, 2.45) is 5.73 Å². The van der Waals surface area contributed by atoms with Crippen LogP contribution in [0.15, 0.2) is 30.6 Å². The fraction of sp³-hybridized carbons (Fsp3) is 0.300. The Morgan fingerprint density at radius 3 is 2.69 bits per heavy atom. The quantitative estimate of drug-likeness (QED) is 0.711. The second-order valence-corrected chi connectivity index (χ2v) is 3.37. The van der Waals surface area contributed by atoms with Crippen molar-refractivity contribution < 1.29 is 0 Å². The first kappa shape index (κ1) is 10.6. The van der Waals surface area contributed by atoms with Gasteiger partial charge in [0.05, 0.1) is 5.69 Å². The highest BCUT2D eigenvalue weighted by Crippen LogP contribution is 2.11. The number of nitrogens with two attached hydrogens (primary N) is 1. The van der Waals surface area contributed by atoms with Gasteiger partial charge in [0.25, 0.3) is 0 Å². The zero-order chi connectivity index (χ0) is 11.2. The topological polar surface area (TPSA) is 81.6 Å². The molecule has 1 aromatic carbocycles. The summed E-state index contributed by atoms with van der Waals surface area (Å²) in [7, 11) is 0. The van der Waals surface area contributed by atoms with Gasteiger partial charge in [0.15, 0.2) is 0 Å². The van der Waals surface area contributed by atoms with Crippen molar-refractivity contribution in [1.29, 1.82) is 0 Å². The van der Waals surface area contributed by atoms with Crippen LogP contribution in [0.3, 0.4) is 0 Å². The van der Waals surface area contributed by atoms with Crippen LogP contribution in [0.1, 0.15) is 6.42 Å². The Bertz CT molecular complexity index is 407. The maximum atomic E-state index is 5.42. The third kappa shape index (κ3) is 2.54. The Labute approximate surface area is 93.5 Å². The molecular formula is C10H14N6. The third-order valence-corrected chi connectivity index (χ3v) is 2.19. The van der Waals surface area contributed by atoms with E-state index in [1.807, 2.05) is 24.3 Å². The molecule has 16 heavy (non-hydrogen) atoms. The van der Waals surface area contributed by atoms with E-state index in [1.165, 1.54) is 0 Å². The molecule has 0 unspecified atom stereocenters. The van der Waals surface area contributed by atoms with Gasteiger partial charge in [-0.15, -0.1) is 5.10 Å². The number of nitrogens with zero attached hydrogens (tertiary/aromatic N) is 4. The van der Waals surface area contributed by atoms with Crippen molar-refractivity contribution in [2.45, 2.75) is 6.42 Å². The van der Waals surface area contributed by atoms with E-state index in [0.717, 1.165) is 24.3 Å². The van der Waals surface area contributed by atoms with Crippen molar-refractivity contribution in [3.8, 4) is 5.69 Å². The lowest BCUT2D eigenvalue weighted by molar-refractivity contribution is 0.789. The summed E-state index contributed by atoms with van der Waals surface area (Å²) in [6, 6.07) is 7.91. The second kappa shape index (κ2) is 5.22. The molecule has 6 nitrogen and oxygen atoms in total. The van der Waals surface area contributed by atoms with Crippen LogP contribution in [-0.4, -0.2) is 33.3 Å². The van der Waals surface area contributed by atoms with Gasteiger partial charge in [-0.05, 0) is 47.7 Å². The normalized spacial score (nSPS) is 10.3. The molecule has 0 radical (unpaired) electrons. The molecule has 2 rings (SSSR count). The monoisotopic (exact) mass is 218 g/mol. The Balaban J connectivity index is 2.00. The molecule has 0 aliphatic rings. The summed E-state index contributed by atoms with van der Waals surface area (Å²) in [4.78, 5) is 0. The van der Waals surface area contributed by atoms with Gasteiger partial charge >= 0.3 is 0 Å².